The fourth-order valence-electron chi connectivity index (χ4n) is 2.38. The van der Waals surface area contributed by atoms with E-state index in [2.05, 4.69) is 10.3 Å². The maximum Gasteiger partial charge on any atom is 0.254 e. The Morgan fingerprint density at radius 1 is 1.25 bits per heavy atom. The number of ether oxygens (including phenoxy) is 1. The van der Waals surface area contributed by atoms with Gasteiger partial charge in [-0.2, -0.15) is 0 Å². The molecule has 124 valence electrons. The molecule has 3 rings (SSSR count). The van der Waals surface area contributed by atoms with E-state index in [0.717, 1.165) is 0 Å². The smallest absolute Gasteiger partial charge is 0.254 e. The molecular weight excluding hydrogens is 330 g/mol. The highest BCUT2D eigenvalue weighted by Crippen LogP contribution is 2.24. The molecule has 2 heterocycles. The van der Waals surface area contributed by atoms with E-state index < -0.39 is 0 Å². The van der Waals surface area contributed by atoms with E-state index in [9.17, 15) is 9.59 Å². The fraction of sp³-hybridized carbons (Fsp3) is 0.235. The van der Waals surface area contributed by atoms with Crippen LogP contribution in [0.4, 0.5) is 5.69 Å². The highest BCUT2D eigenvalue weighted by molar-refractivity contribution is 6.31. The number of benzene rings is 1. The van der Waals surface area contributed by atoms with Gasteiger partial charge in [-0.3, -0.25) is 9.59 Å². The average Bonchev–Trinajstić information content (AvgIpc) is 2.51. The quantitative estimate of drug-likeness (QED) is 0.924. The molecule has 1 fully saturated rings. The van der Waals surface area contributed by atoms with Crippen LogP contribution in [-0.2, 0) is 4.79 Å². The largest absolute Gasteiger partial charge is 0.470 e. The number of pyridine rings is 1. The summed E-state index contributed by atoms with van der Waals surface area (Å²) in [6.07, 6.45) is 1.50. The second kappa shape index (κ2) is 6.88. The Hall–Kier alpha value is -2.60. The predicted octanol–water partition coefficient (Wildman–Crippen LogP) is 2.60. The number of anilines is 1. The molecule has 0 spiro atoms. The molecule has 0 saturated carbocycles. The van der Waals surface area contributed by atoms with Gasteiger partial charge in [-0.1, -0.05) is 11.6 Å². The van der Waals surface area contributed by atoms with Gasteiger partial charge in [0.05, 0.1) is 13.1 Å². The molecule has 1 aromatic heterocycles. The number of halogens is 1. The van der Waals surface area contributed by atoms with Crippen LogP contribution in [0.1, 0.15) is 17.3 Å². The van der Waals surface area contributed by atoms with Gasteiger partial charge in [0.2, 0.25) is 11.8 Å². The molecule has 0 unspecified atom stereocenters. The third-order valence-corrected chi connectivity index (χ3v) is 3.88. The molecule has 6 nitrogen and oxygen atoms in total. The van der Waals surface area contributed by atoms with Gasteiger partial charge < -0.3 is 15.0 Å². The molecule has 0 aliphatic carbocycles. The molecule has 1 aromatic carbocycles. The van der Waals surface area contributed by atoms with Crippen LogP contribution < -0.4 is 10.1 Å². The molecule has 2 aromatic rings. The number of rotatable bonds is 4. The minimum atomic E-state index is -0.148. The number of nitrogens with one attached hydrogen (secondary N) is 1. The van der Waals surface area contributed by atoms with Gasteiger partial charge in [-0.25, -0.2) is 4.98 Å². The number of hydrogen-bond acceptors (Lipinski definition) is 4. The van der Waals surface area contributed by atoms with Gasteiger partial charge >= 0.3 is 0 Å². The zero-order chi connectivity index (χ0) is 17.1. The zero-order valence-electron chi connectivity index (χ0n) is 13.0. The molecule has 1 N–H and O–H groups in total. The Morgan fingerprint density at radius 2 is 1.96 bits per heavy atom. The molecular formula is C17H16ClN3O3. The van der Waals surface area contributed by atoms with Gasteiger partial charge in [0.1, 0.15) is 11.1 Å². The number of carbonyl (C=O) groups excluding carboxylic acids is 2. The molecule has 1 aliphatic heterocycles. The first-order chi connectivity index (χ1) is 11.5. The number of amides is 2. The van der Waals surface area contributed by atoms with Crippen LogP contribution in [0.2, 0.25) is 5.02 Å². The van der Waals surface area contributed by atoms with Crippen molar-refractivity contribution in [3.05, 3.63) is 53.2 Å². The number of nitrogens with zero attached hydrogens (tertiary/aromatic N) is 2. The maximum absolute atomic E-state index is 12.4. The first-order valence-corrected chi connectivity index (χ1v) is 7.85. The van der Waals surface area contributed by atoms with Gasteiger partial charge in [-0.05, 0) is 36.4 Å². The number of aromatic nitrogens is 1. The van der Waals surface area contributed by atoms with Gasteiger partial charge in [0.25, 0.3) is 5.91 Å². The maximum atomic E-state index is 12.4. The second-order valence-electron chi connectivity index (χ2n) is 5.50. The summed E-state index contributed by atoms with van der Waals surface area (Å²) in [7, 11) is 0. The third-order valence-electron chi connectivity index (χ3n) is 3.59. The van der Waals surface area contributed by atoms with Crippen molar-refractivity contribution < 1.29 is 14.3 Å². The lowest BCUT2D eigenvalue weighted by molar-refractivity contribution is -0.114. The molecule has 0 radical (unpaired) electrons. The van der Waals surface area contributed by atoms with Crippen LogP contribution >= 0.6 is 11.6 Å². The monoisotopic (exact) mass is 345 g/mol. The number of hydrogen-bond donors (Lipinski definition) is 1. The summed E-state index contributed by atoms with van der Waals surface area (Å²) in [6, 6.07) is 10.2. The molecule has 24 heavy (non-hydrogen) atoms. The van der Waals surface area contributed by atoms with Crippen LogP contribution in [0.25, 0.3) is 0 Å². The lowest BCUT2D eigenvalue weighted by atomic mass is 10.1. The molecule has 0 atom stereocenters. The first kappa shape index (κ1) is 16.3. The normalized spacial score (nSPS) is 14.0. The van der Waals surface area contributed by atoms with Crippen molar-refractivity contribution in [1.82, 2.24) is 9.88 Å². The van der Waals surface area contributed by atoms with Crippen molar-refractivity contribution in [2.24, 2.45) is 0 Å². The molecule has 1 saturated heterocycles. The SMILES string of the molecule is CC(=O)Nc1ccc(C(=O)N2CC(Oc3ncccc3Cl)C2)cc1. The fourth-order valence-corrected chi connectivity index (χ4v) is 2.54. The van der Waals surface area contributed by atoms with Crippen LogP contribution in [0.5, 0.6) is 5.88 Å². The summed E-state index contributed by atoms with van der Waals surface area (Å²) < 4.78 is 5.68. The Balaban J connectivity index is 1.54. The lowest BCUT2D eigenvalue weighted by Gasteiger charge is -2.38. The third kappa shape index (κ3) is 3.65. The first-order valence-electron chi connectivity index (χ1n) is 7.47. The van der Waals surface area contributed by atoms with E-state index in [1.807, 2.05) is 0 Å². The summed E-state index contributed by atoms with van der Waals surface area (Å²) >= 11 is 6.00. The van der Waals surface area contributed by atoms with E-state index in [1.165, 1.54) is 6.92 Å². The van der Waals surface area contributed by atoms with Gasteiger partial charge in [-0.15, -0.1) is 0 Å². The van der Waals surface area contributed by atoms with Crippen molar-refractivity contribution >= 4 is 29.1 Å². The Bertz CT molecular complexity index is 758. The van der Waals surface area contributed by atoms with Crippen molar-refractivity contribution in [1.29, 1.82) is 0 Å². The summed E-state index contributed by atoms with van der Waals surface area (Å²) in [5.41, 5.74) is 1.23. The van der Waals surface area contributed by atoms with E-state index in [4.69, 9.17) is 16.3 Å². The Morgan fingerprint density at radius 3 is 2.58 bits per heavy atom. The van der Waals surface area contributed by atoms with Crippen LogP contribution in [-0.4, -0.2) is 40.9 Å². The molecule has 1 aliphatic rings. The number of carbonyl (C=O) groups is 2. The predicted molar refractivity (Wildman–Crippen MR) is 90.3 cm³/mol. The average molecular weight is 346 g/mol. The molecule has 7 heteroatoms. The lowest BCUT2D eigenvalue weighted by Crippen LogP contribution is -2.56. The number of likely N-dealkylation sites (tertiary alicyclic amines) is 1. The van der Waals surface area contributed by atoms with Gasteiger partial charge in [0.15, 0.2) is 0 Å². The van der Waals surface area contributed by atoms with E-state index in [0.29, 0.717) is 35.2 Å². The standard InChI is InChI=1S/C17H16ClN3O3/c1-11(22)20-13-6-4-12(5-7-13)17(23)21-9-14(10-21)24-16-15(18)3-2-8-19-16/h2-8,14H,9-10H2,1H3,(H,20,22). The van der Waals surface area contributed by atoms with Crippen molar-refractivity contribution in [3.8, 4) is 5.88 Å². The highest BCUT2D eigenvalue weighted by atomic mass is 35.5. The summed E-state index contributed by atoms with van der Waals surface area (Å²) in [6.45, 7) is 2.41. The van der Waals surface area contributed by atoms with Crippen LogP contribution in [0, 0.1) is 0 Å². The zero-order valence-corrected chi connectivity index (χ0v) is 13.8. The van der Waals surface area contributed by atoms with Crippen molar-refractivity contribution in [2.75, 3.05) is 18.4 Å². The van der Waals surface area contributed by atoms with Gasteiger partial charge in [0, 0.05) is 24.4 Å². The minimum absolute atomic E-state index is 0.0728. The van der Waals surface area contributed by atoms with E-state index in [-0.39, 0.29) is 17.9 Å². The summed E-state index contributed by atoms with van der Waals surface area (Å²) in [5.74, 6) is 0.164. The van der Waals surface area contributed by atoms with Crippen LogP contribution in [0.3, 0.4) is 0 Å². The topological polar surface area (TPSA) is 71.5 Å². The van der Waals surface area contributed by atoms with E-state index in [1.54, 1.807) is 47.5 Å². The Kier molecular flexibility index (Phi) is 4.66. The molecule has 0 bridgehead atoms. The van der Waals surface area contributed by atoms with Crippen molar-refractivity contribution in [3.63, 3.8) is 0 Å². The highest BCUT2D eigenvalue weighted by Gasteiger charge is 2.33. The van der Waals surface area contributed by atoms with Crippen molar-refractivity contribution in [2.45, 2.75) is 13.0 Å². The van der Waals surface area contributed by atoms with E-state index >= 15 is 0 Å². The molecule has 2 amide bonds. The van der Waals surface area contributed by atoms with Crippen LogP contribution in [0.15, 0.2) is 42.6 Å². The summed E-state index contributed by atoms with van der Waals surface area (Å²) in [4.78, 5) is 29.1. The Labute approximate surface area is 144 Å². The second-order valence-corrected chi connectivity index (χ2v) is 5.91. The minimum Gasteiger partial charge on any atom is -0.470 e. The summed E-state index contributed by atoms with van der Waals surface area (Å²) in [5, 5.41) is 3.12.